The summed E-state index contributed by atoms with van der Waals surface area (Å²) in [5.41, 5.74) is -0.272. The van der Waals surface area contributed by atoms with E-state index in [4.69, 9.17) is 9.47 Å². The normalized spacial score (nSPS) is 38.8. The van der Waals surface area contributed by atoms with Crippen LogP contribution in [0.25, 0.3) is 0 Å². The molecular weight excluding hydrogens is 310 g/mol. The van der Waals surface area contributed by atoms with Gasteiger partial charge in [-0.1, -0.05) is 12.7 Å². The van der Waals surface area contributed by atoms with Gasteiger partial charge in [0.05, 0.1) is 13.1 Å². The molecule has 0 aromatic rings. The number of ether oxygens (including phenoxy) is 2. The van der Waals surface area contributed by atoms with E-state index in [1.54, 1.807) is 13.0 Å². The Bertz CT molecular complexity index is 646. The summed E-state index contributed by atoms with van der Waals surface area (Å²) in [6, 6.07) is 0.0347. The van der Waals surface area contributed by atoms with E-state index in [-0.39, 0.29) is 30.7 Å². The fourth-order valence-corrected chi connectivity index (χ4v) is 3.65. The summed E-state index contributed by atoms with van der Waals surface area (Å²) in [6.07, 6.45) is 4.36. The van der Waals surface area contributed by atoms with Crippen LogP contribution in [0.4, 0.5) is 0 Å². The minimum atomic E-state index is -1.84. The number of quaternary nitrogens is 1. The van der Waals surface area contributed by atoms with Crippen molar-refractivity contribution in [3.05, 3.63) is 35.5 Å². The van der Waals surface area contributed by atoms with Gasteiger partial charge in [-0.25, -0.2) is 9.59 Å². The van der Waals surface area contributed by atoms with Crippen LogP contribution in [0.1, 0.15) is 26.7 Å². The molecule has 0 aromatic heterocycles. The standard InChI is InChI=1S/C18H23NO5/c1-4-12-9-11(2)18(3,22)17(21)23-10-13-5-7-19-8-6-14(15(13)19)24-16(12)20/h4-5,14-15,22H,2,6-10H2,1,3H3/p+1/t14-,15-,18-/m1/s1. The van der Waals surface area contributed by atoms with Crippen molar-refractivity contribution in [2.24, 2.45) is 0 Å². The Labute approximate surface area is 141 Å². The van der Waals surface area contributed by atoms with Gasteiger partial charge in [0.15, 0.2) is 17.7 Å². The molecule has 3 aliphatic rings. The number of nitrogens with one attached hydrogen (secondary N) is 1. The molecule has 4 atom stereocenters. The molecule has 0 aromatic carbocycles. The molecule has 1 unspecified atom stereocenters. The van der Waals surface area contributed by atoms with Crippen LogP contribution in [0.5, 0.6) is 0 Å². The quantitative estimate of drug-likeness (QED) is 0.361. The molecule has 2 saturated heterocycles. The Balaban J connectivity index is 1.92. The van der Waals surface area contributed by atoms with Crippen molar-refractivity contribution in [2.75, 3.05) is 19.7 Å². The molecule has 130 valence electrons. The zero-order chi connectivity index (χ0) is 17.5. The van der Waals surface area contributed by atoms with Gasteiger partial charge >= 0.3 is 11.9 Å². The fourth-order valence-electron chi connectivity index (χ4n) is 3.65. The van der Waals surface area contributed by atoms with Gasteiger partial charge in [0.25, 0.3) is 0 Å². The predicted octanol–water partition coefficient (Wildman–Crippen LogP) is -0.304. The molecule has 6 heteroatoms. The Kier molecular flexibility index (Phi) is 4.36. The van der Waals surface area contributed by atoms with E-state index in [1.165, 1.54) is 11.8 Å². The van der Waals surface area contributed by atoms with Crippen LogP contribution in [0, 0.1) is 0 Å². The van der Waals surface area contributed by atoms with Crippen molar-refractivity contribution < 1.29 is 29.1 Å². The highest BCUT2D eigenvalue weighted by molar-refractivity contribution is 5.90. The van der Waals surface area contributed by atoms with E-state index in [0.29, 0.717) is 5.57 Å². The van der Waals surface area contributed by atoms with Crippen LogP contribution in [0.15, 0.2) is 35.5 Å². The average molecular weight is 334 g/mol. The highest BCUT2D eigenvalue weighted by atomic mass is 16.6. The average Bonchev–Trinajstić information content (AvgIpc) is 3.12. The number of allylic oxidation sites excluding steroid dienone is 1. The highest BCUT2D eigenvalue weighted by Gasteiger charge is 2.47. The number of hydrogen-bond donors (Lipinski definition) is 2. The molecule has 3 heterocycles. The van der Waals surface area contributed by atoms with Crippen molar-refractivity contribution in [3.8, 4) is 0 Å². The second-order valence-corrected chi connectivity index (χ2v) is 6.84. The van der Waals surface area contributed by atoms with E-state index in [2.05, 4.69) is 6.58 Å². The molecule has 0 aliphatic carbocycles. The number of cyclic esters (lactones) is 1. The van der Waals surface area contributed by atoms with Gasteiger partial charge in [0, 0.05) is 24.0 Å². The van der Waals surface area contributed by atoms with E-state index in [1.807, 2.05) is 6.08 Å². The van der Waals surface area contributed by atoms with Crippen LogP contribution in [-0.2, 0) is 19.1 Å². The Morgan fingerprint density at radius 2 is 2.21 bits per heavy atom. The fraction of sp³-hybridized carbons (Fsp3) is 0.556. The molecule has 3 aliphatic heterocycles. The van der Waals surface area contributed by atoms with Gasteiger partial charge in [-0.05, 0) is 25.5 Å². The lowest BCUT2D eigenvalue weighted by atomic mass is 9.91. The van der Waals surface area contributed by atoms with E-state index in [9.17, 15) is 14.7 Å². The molecule has 0 bridgehead atoms. The maximum Gasteiger partial charge on any atom is 0.342 e. The van der Waals surface area contributed by atoms with Crippen LogP contribution in [-0.4, -0.2) is 54.5 Å². The van der Waals surface area contributed by atoms with Crippen LogP contribution >= 0.6 is 0 Å². The minimum Gasteiger partial charge on any atom is -0.459 e. The highest BCUT2D eigenvalue weighted by Crippen LogP contribution is 2.27. The third-order valence-electron chi connectivity index (χ3n) is 5.32. The van der Waals surface area contributed by atoms with Crippen LogP contribution in [0.2, 0.25) is 0 Å². The van der Waals surface area contributed by atoms with Gasteiger partial charge in [0.1, 0.15) is 6.61 Å². The smallest absolute Gasteiger partial charge is 0.342 e. The summed E-state index contributed by atoms with van der Waals surface area (Å²) in [7, 11) is 0. The first-order chi connectivity index (χ1) is 11.3. The summed E-state index contributed by atoms with van der Waals surface area (Å²) >= 11 is 0. The molecule has 2 N–H and O–H groups in total. The van der Waals surface area contributed by atoms with Crippen molar-refractivity contribution in [2.45, 2.75) is 44.4 Å². The second-order valence-electron chi connectivity index (χ2n) is 6.84. The number of hydrogen-bond acceptors (Lipinski definition) is 5. The second kappa shape index (κ2) is 6.18. The van der Waals surface area contributed by atoms with Gasteiger partial charge in [0.2, 0.25) is 0 Å². The van der Waals surface area contributed by atoms with Crippen molar-refractivity contribution in [1.29, 1.82) is 0 Å². The number of esters is 2. The Morgan fingerprint density at radius 1 is 1.46 bits per heavy atom. The number of rotatable bonds is 0. The first kappa shape index (κ1) is 16.9. The third kappa shape index (κ3) is 2.80. The molecule has 3 rings (SSSR count). The van der Waals surface area contributed by atoms with Crippen LogP contribution < -0.4 is 4.90 Å². The zero-order valence-corrected chi connectivity index (χ0v) is 14.1. The lowest BCUT2D eigenvalue weighted by molar-refractivity contribution is -0.896. The first-order valence-corrected chi connectivity index (χ1v) is 8.32. The minimum absolute atomic E-state index is 0.0347. The molecule has 6 nitrogen and oxygen atoms in total. The largest absolute Gasteiger partial charge is 0.459 e. The van der Waals surface area contributed by atoms with Gasteiger partial charge < -0.3 is 19.5 Å². The first-order valence-electron chi connectivity index (χ1n) is 8.32. The lowest BCUT2D eigenvalue weighted by Crippen LogP contribution is -3.12. The van der Waals surface area contributed by atoms with E-state index in [0.717, 1.165) is 25.1 Å². The monoisotopic (exact) mass is 334 g/mol. The number of carbonyl (C=O) groups is 2. The summed E-state index contributed by atoms with van der Waals surface area (Å²) in [4.78, 5) is 26.1. The van der Waals surface area contributed by atoms with Gasteiger partial charge in [-0.2, -0.15) is 0 Å². The predicted molar refractivity (Wildman–Crippen MR) is 86.2 cm³/mol. The van der Waals surface area contributed by atoms with Crippen LogP contribution in [0.3, 0.4) is 0 Å². The maximum atomic E-state index is 12.5. The molecule has 0 saturated carbocycles. The van der Waals surface area contributed by atoms with E-state index >= 15 is 0 Å². The number of carbonyl (C=O) groups excluding carboxylic acids is 2. The molecule has 0 spiro atoms. The summed E-state index contributed by atoms with van der Waals surface area (Å²) in [6.45, 7) is 8.73. The SMILES string of the molecule is C=C1CC(=CC)C(=O)O[C@@H]2CC[NH+]3CC=C(COC(=O)[C@]1(C)O)[C@H]23. The summed E-state index contributed by atoms with van der Waals surface area (Å²) in [5.74, 6) is -1.14. The summed E-state index contributed by atoms with van der Waals surface area (Å²) in [5, 5.41) is 10.5. The summed E-state index contributed by atoms with van der Waals surface area (Å²) < 4.78 is 11.1. The zero-order valence-electron chi connectivity index (χ0n) is 14.1. The topological polar surface area (TPSA) is 77.3 Å². The molecule has 0 radical (unpaired) electrons. The molecular formula is C18H24NO5+. The van der Waals surface area contributed by atoms with Gasteiger partial charge in [-0.3, -0.25) is 0 Å². The van der Waals surface area contributed by atoms with Crippen molar-refractivity contribution in [1.82, 2.24) is 0 Å². The Morgan fingerprint density at radius 3 is 2.92 bits per heavy atom. The van der Waals surface area contributed by atoms with Gasteiger partial charge in [-0.15, -0.1) is 0 Å². The molecule has 2 fully saturated rings. The van der Waals surface area contributed by atoms with E-state index < -0.39 is 17.5 Å². The third-order valence-corrected chi connectivity index (χ3v) is 5.32. The maximum absolute atomic E-state index is 12.5. The molecule has 24 heavy (non-hydrogen) atoms. The molecule has 0 amide bonds. The van der Waals surface area contributed by atoms with Crippen molar-refractivity contribution in [3.63, 3.8) is 0 Å². The lowest BCUT2D eigenvalue weighted by Gasteiger charge is -2.27. The van der Waals surface area contributed by atoms with Crippen molar-refractivity contribution >= 4 is 11.9 Å². The number of aliphatic hydroxyl groups is 1. The Hall–Kier alpha value is -1.92.